The van der Waals surface area contributed by atoms with Crippen LogP contribution in [-0.2, 0) is 20.9 Å². The molecule has 8 heteroatoms. The van der Waals surface area contributed by atoms with E-state index in [1.807, 2.05) is 12.1 Å². The fourth-order valence-electron chi connectivity index (χ4n) is 1.91. The van der Waals surface area contributed by atoms with Crippen LogP contribution in [-0.4, -0.2) is 28.8 Å². The van der Waals surface area contributed by atoms with Crippen molar-refractivity contribution in [1.82, 2.24) is 9.78 Å². The van der Waals surface area contributed by atoms with Gasteiger partial charge in [0.25, 0.3) is 0 Å². The molecule has 0 aliphatic carbocycles. The fraction of sp³-hybridized carbons (Fsp3) is 0.333. The highest BCUT2D eigenvalue weighted by molar-refractivity contribution is 7.12. The summed E-state index contributed by atoms with van der Waals surface area (Å²) in [5.41, 5.74) is 0.894. The van der Waals surface area contributed by atoms with Crippen LogP contribution >= 0.6 is 22.9 Å². The molecule has 0 unspecified atom stereocenters. The average molecular weight is 354 g/mol. The lowest BCUT2D eigenvalue weighted by Crippen LogP contribution is -2.17. The average Bonchev–Trinajstić information content (AvgIpc) is 2.92. The second-order valence-corrected chi connectivity index (χ2v) is 5.96. The monoisotopic (exact) mass is 353 g/mol. The second kappa shape index (κ2) is 8.59. The third-order valence-corrected chi connectivity index (χ3v) is 4.19. The number of amides is 1. The highest BCUT2D eigenvalue weighted by atomic mass is 35.5. The van der Waals surface area contributed by atoms with Crippen LogP contribution in [0.15, 0.2) is 29.3 Å². The zero-order valence-corrected chi connectivity index (χ0v) is 14.1. The first-order chi connectivity index (χ1) is 11.1. The highest BCUT2D eigenvalue weighted by Gasteiger charge is 2.09. The van der Waals surface area contributed by atoms with Crippen LogP contribution in [0.5, 0.6) is 0 Å². The van der Waals surface area contributed by atoms with Gasteiger partial charge in [-0.2, -0.15) is 10.1 Å². The van der Waals surface area contributed by atoms with E-state index in [0.29, 0.717) is 42.2 Å². The zero-order valence-electron chi connectivity index (χ0n) is 12.6. The molecular weight excluding hydrogens is 338 g/mol. The van der Waals surface area contributed by atoms with Crippen LogP contribution in [0.25, 0.3) is 10.6 Å². The molecule has 6 nitrogen and oxygen atoms in total. The number of carbonyl (C=O) groups is 2. The molecule has 0 aliphatic heterocycles. The van der Waals surface area contributed by atoms with Crippen molar-refractivity contribution in [3.63, 3.8) is 0 Å². The van der Waals surface area contributed by atoms with E-state index in [1.54, 1.807) is 23.7 Å². The maximum absolute atomic E-state index is 11.4. The topological polar surface area (TPSA) is 73.6 Å². The maximum atomic E-state index is 11.4. The van der Waals surface area contributed by atoms with Crippen LogP contribution in [0.4, 0.5) is 0 Å². The van der Waals surface area contributed by atoms with Gasteiger partial charge in [-0.1, -0.05) is 35.1 Å². The third kappa shape index (κ3) is 5.01. The summed E-state index contributed by atoms with van der Waals surface area (Å²) < 4.78 is 6.51. The molecule has 0 saturated heterocycles. The number of esters is 1. The van der Waals surface area contributed by atoms with Crippen molar-refractivity contribution in [1.29, 1.82) is 0 Å². The Labute approximate surface area is 142 Å². The fourth-order valence-corrected chi connectivity index (χ4v) is 2.94. The molecule has 0 fully saturated rings. The van der Waals surface area contributed by atoms with Gasteiger partial charge < -0.3 is 4.74 Å². The number of nitrogens with zero attached hydrogens (tertiary/aromatic N) is 3. The Balaban J connectivity index is 2.15. The van der Waals surface area contributed by atoms with Gasteiger partial charge in [-0.05, 0) is 25.5 Å². The molecule has 0 spiro atoms. The first-order valence-corrected chi connectivity index (χ1v) is 8.30. The molecule has 2 rings (SSSR count). The Morgan fingerprint density at radius 2 is 2.17 bits per heavy atom. The number of rotatable bonds is 7. The van der Waals surface area contributed by atoms with E-state index in [2.05, 4.69) is 10.1 Å². The van der Waals surface area contributed by atoms with Gasteiger partial charge in [-0.25, -0.2) is 4.68 Å². The van der Waals surface area contributed by atoms with Gasteiger partial charge in [0, 0.05) is 23.6 Å². The molecule has 122 valence electrons. The molecule has 1 amide bonds. The lowest BCUT2D eigenvalue weighted by molar-refractivity contribution is -0.143. The van der Waals surface area contributed by atoms with E-state index in [-0.39, 0.29) is 5.97 Å². The quantitative estimate of drug-likeness (QED) is 0.566. The lowest BCUT2D eigenvalue weighted by atomic mass is 10.2. The molecule has 0 radical (unpaired) electrons. The van der Waals surface area contributed by atoms with Gasteiger partial charge in [0.15, 0.2) is 0 Å². The van der Waals surface area contributed by atoms with Crippen molar-refractivity contribution < 1.29 is 14.3 Å². The van der Waals surface area contributed by atoms with E-state index in [4.69, 9.17) is 16.3 Å². The standard InChI is InChI=1S/C15H16ClN3O3S/c1-2-22-13(21)4-3-9-19-15(17-10-20)23-14(18-19)11-5-7-12(16)8-6-11/h5-8,10H,2-4,9H2,1H3. The van der Waals surface area contributed by atoms with Crippen LogP contribution in [0, 0.1) is 0 Å². The molecule has 0 N–H and O–H groups in total. The smallest absolute Gasteiger partial charge is 0.305 e. The number of halogens is 1. The van der Waals surface area contributed by atoms with Gasteiger partial charge in [-0.3, -0.25) is 9.59 Å². The van der Waals surface area contributed by atoms with E-state index in [0.717, 1.165) is 10.6 Å². The van der Waals surface area contributed by atoms with Crippen molar-refractivity contribution in [3.8, 4) is 10.6 Å². The van der Waals surface area contributed by atoms with Crippen LogP contribution in [0.1, 0.15) is 19.8 Å². The summed E-state index contributed by atoms with van der Waals surface area (Å²) in [6.45, 7) is 2.62. The summed E-state index contributed by atoms with van der Waals surface area (Å²) >= 11 is 7.19. The minimum absolute atomic E-state index is 0.241. The van der Waals surface area contributed by atoms with Crippen LogP contribution in [0.2, 0.25) is 5.02 Å². The van der Waals surface area contributed by atoms with Gasteiger partial charge in [0.2, 0.25) is 11.2 Å². The largest absolute Gasteiger partial charge is 0.466 e. The van der Waals surface area contributed by atoms with Gasteiger partial charge >= 0.3 is 5.97 Å². The van der Waals surface area contributed by atoms with Crippen molar-refractivity contribution in [2.75, 3.05) is 6.61 Å². The van der Waals surface area contributed by atoms with Gasteiger partial charge in [0.1, 0.15) is 5.01 Å². The summed E-state index contributed by atoms with van der Waals surface area (Å²) in [6.07, 6.45) is 1.35. The Bertz CT molecular complexity index is 737. The minimum Gasteiger partial charge on any atom is -0.466 e. The number of aromatic nitrogens is 2. The first-order valence-electron chi connectivity index (χ1n) is 7.11. The minimum atomic E-state index is -0.241. The molecule has 1 heterocycles. The molecule has 0 atom stereocenters. The number of carbonyl (C=O) groups excluding carboxylic acids is 2. The Hall–Kier alpha value is -1.99. The molecule has 0 saturated carbocycles. The molecule has 1 aromatic carbocycles. The predicted octanol–water partition coefficient (Wildman–Crippen LogP) is 2.67. The molecule has 0 bridgehead atoms. The number of hydrogen-bond acceptors (Lipinski definition) is 5. The summed E-state index contributed by atoms with van der Waals surface area (Å²) in [6, 6.07) is 7.27. The maximum Gasteiger partial charge on any atom is 0.305 e. The number of benzene rings is 1. The normalized spacial score (nSPS) is 11.5. The van der Waals surface area contributed by atoms with Crippen molar-refractivity contribution >= 4 is 35.3 Å². The second-order valence-electron chi connectivity index (χ2n) is 4.56. The van der Waals surface area contributed by atoms with E-state index in [1.165, 1.54) is 11.3 Å². The molecule has 1 aromatic heterocycles. The van der Waals surface area contributed by atoms with E-state index in [9.17, 15) is 9.59 Å². The van der Waals surface area contributed by atoms with E-state index >= 15 is 0 Å². The molecule has 2 aromatic rings. The number of hydrogen-bond donors (Lipinski definition) is 0. The summed E-state index contributed by atoms with van der Waals surface area (Å²) in [7, 11) is 0. The SMILES string of the molecule is CCOC(=O)CCCn1nc(-c2ccc(Cl)cc2)sc1=NC=O. The first kappa shape index (κ1) is 17.4. The molecule has 0 aliphatic rings. The lowest BCUT2D eigenvalue weighted by Gasteiger charge is -2.02. The summed E-state index contributed by atoms with van der Waals surface area (Å²) in [5, 5.41) is 5.84. The zero-order chi connectivity index (χ0) is 16.7. The summed E-state index contributed by atoms with van der Waals surface area (Å²) in [5.74, 6) is -0.241. The van der Waals surface area contributed by atoms with E-state index < -0.39 is 0 Å². The Kier molecular flexibility index (Phi) is 6.49. The molecular formula is C15H16ClN3O3S. The predicted molar refractivity (Wildman–Crippen MR) is 88.0 cm³/mol. The third-order valence-electron chi connectivity index (χ3n) is 2.93. The van der Waals surface area contributed by atoms with Gasteiger partial charge in [-0.15, -0.1) is 0 Å². The molecule has 23 heavy (non-hydrogen) atoms. The van der Waals surface area contributed by atoms with Crippen LogP contribution in [0.3, 0.4) is 0 Å². The summed E-state index contributed by atoms with van der Waals surface area (Å²) in [4.78, 5) is 26.3. The van der Waals surface area contributed by atoms with Gasteiger partial charge in [0.05, 0.1) is 6.61 Å². The number of aryl methyl sites for hydroxylation is 1. The van der Waals surface area contributed by atoms with Crippen molar-refractivity contribution in [3.05, 3.63) is 34.1 Å². The Morgan fingerprint density at radius 3 is 2.83 bits per heavy atom. The van der Waals surface area contributed by atoms with Crippen molar-refractivity contribution in [2.45, 2.75) is 26.3 Å². The number of ether oxygens (including phenoxy) is 1. The van der Waals surface area contributed by atoms with Crippen molar-refractivity contribution in [2.24, 2.45) is 4.99 Å². The highest BCUT2D eigenvalue weighted by Crippen LogP contribution is 2.21. The Morgan fingerprint density at radius 1 is 1.43 bits per heavy atom. The van der Waals surface area contributed by atoms with Crippen LogP contribution < -0.4 is 4.80 Å².